The van der Waals surface area contributed by atoms with Crippen molar-refractivity contribution in [1.29, 1.82) is 0 Å². The first-order chi connectivity index (χ1) is 40.7. The summed E-state index contributed by atoms with van der Waals surface area (Å²) in [4.78, 5) is 9.22. The van der Waals surface area contributed by atoms with Crippen LogP contribution in [0.2, 0.25) is 0 Å². The normalized spacial score (nSPS) is 12.9. The predicted octanol–water partition coefficient (Wildman–Crippen LogP) is 16.4. The molecule has 386 valence electrons. The lowest BCUT2D eigenvalue weighted by molar-refractivity contribution is 0.463. The summed E-state index contributed by atoms with van der Waals surface area (Å²) in [5, 5.41) is 0. The Bertz CT molecular complexity index is 4040. The van der Waals surface area contributed by atoms with E-state index in [1.54, 1.807) is 0 Å². The van der Waals surface area contributed by atoms with Crippen LogP contribution in [0.1, 0.15) is 0 Å². The quantitative estimate of drug-likeness (QED) is 0.133. The molecule has 0 saturated carbocycles. The number of fused-ring (bicyclic) bond motifs is 6. The number of benzene rings is 12. The lowest BCUT2D eigenvalue weighted by Crippen LogP contribution is -2.56. The van der Waals surface area contributed by atoms with E-state index in [1.165, 1.54) is 0 Å². The molecule has 4 aliphatic heterocycles. The number of hydrogen-bond acceptors (Lipinski definition) is 8. The molecule has 0 aliphatic carbocycles. The van der Waals surface area contributed by atoms with Gasteiger partial charge < -0.3 is 38.4 Å². The molecule has 0 saturated heterocycles. The summed E-state index contributed by atoms with van der Waals surface area (Å²) in [5.74, 6) is 4.05. The van der Waals surface area contributed by atoms with Crippen LogP contribution in [0.25, 0.3) is 11.1 Å². The molecule has 4 heterocycles. The van der Waals surface area contributed by atoms with Gasteiger partial charge in [0.15, 0.2) is 0 Å². The van der Waals surface area contributed by atoms with Gasteiger partial charge in [-0.25, -0.2) is 0 Å². The van der Waals surface area contributed by atoms with Crippen molar-refractivity contribution in [2.24, 2.45) is 0 Å². The number of rotatable bonds is 9. The molecular weight excluding hydrogens is 1010 g/mol. The maximum absolute atomic E-state index is 7.73. The van der Waals surface area contributed by atoms with Crippen LogP contribution in [-0.2, 0) is 0 Å². The molecular formula is C72H48B2N4O4. The minimum Gasteiger partial charge on any atom is -0.550 e. The van der Waals surface area contributed by atoms with Crippen LogP contribution < -0.4 is 60.2 Å². The molecule has 12 aromatic carbocycles. The second-order valence-corrected chi connectivity index (χ2v) is 20.7. The standard InChI is InChI=1S/C72H48B2N4O4/c1-8-26-49(27-9-1)68-71-58(73-69-62(77(54-36-18-6-19-37-54)60-40-22-24-42-64(60)81-73)44-56(46-66(69)79-71)75(50-28-10-2-11-29-50)51-30-12-3-13-31-51)48-59-72(68)80-67-47-57(76(52-32-14-4-15-33-52)53-34-16-5-17-35-53)45-63-70(67)74(59)82-65-43-25-23-41-61(65)78(63)55-38-20-7-21-39-55/h1-48H. The summed E-state index contributed by atoms with van der Waals surface area (Å²) in [7, 11) is 0. The molecule has 0 amide bonds. The highest BCUT2D eigenvalue weighted by atomic mass is 16.5. The van der Waals surface area contributed by atoms with Crippen molar-refractivity contribution in [1.82, 2.24) is 0 Å². The van der Waals surface area contributed by atoms with Crippen molar-refractivity contribution in [3.05, 3.63) is 291 Å². The van der Waals surface area contributed by atoms with E-state index in [-0.39, 0.29) is 0 Å². The van der Waals surface area contributed by atoms with Crippen LogP contribution in [0.5, 0.6) is 34.5 Å². The van der Waals surface area contributed by atoms with E-state index in [0.717, 1.165) is 113 Å². The lowest BCUT2D eigenvalue weighted by atomic mass is 9.48. The number of anilines is 12. The van der Waals surface area contributed by atoms with Gasteiger partial charge in [-0.3, -0.25) is 0 Å². The highest BCUT2D eigenvalue weighted by molar-refractivity contribution is 6.87. The first-order valence-corrected chi connectivity index (χ1v) is 27.7. The van der Waals surface area contributed by atoms with Crippen LogP contribution in [-0.4, -0.2) is 13.8 Å². The Morgan fingerprint density at radius 1 is 0.280 bits per heavy atom. The SMILES string of the molecule is c1ccc(-c2c3c(cc4c2Oc2cc(N(c5ccccc5)c5ccccc5)cc5c2B4Oc2ccccc2N5c2ccccc2)B2Oc4ccccc4N(c4ccccc4)c4cc(N(c5ccccc5)c5ccccc5)cc(c42)O3)cc1. The van der Waals surface area contributed by atoms with Crippen molar-refractivity contribution in [3.63, 3.8) is 0 Å². The Morgan fingerprint density at radius 3 is 0.988 bits per heavy atom. The van der Waals surface area contributed by atoms with Gasteiger partial charge in [0.2, 0.25) is 0 Å². The van der Waals surface area contributed by atoms with E-state index < -0.39 is 13.8 Å². The third-order valence-corrected chi connectivity index (χ3v) is 15.9. The zero-order valence-electron chi connectivity index (χ0n) is 44.3. The summed E-state index contributed by atoms with van der Waals surface area (Å²) in [6.45, 7) is -1.33. The smallest absolute Gasteiger partial charge is 0.436 e. The predicted molar refractivity (Wildman–Crippen MR) is 335 cm³/mol. The Balaban J connectivity index is 0.986. The largest absolute Gasteiger partial charge is 0.550 e. The van der Waals surface area contributed by atoms with E-state index in [0.29, 0.717) is 23.0 Å². The molecule has 10 heteroatoms. The third-order valence-electron chi connectivity index (χ3n) is 15.9. The Hall–Kier alpha value is -10.8. The lowest BCUT2D eigenvalue weighted by Gasteiger charge is -2.36. The van der Waals surface area contributed by atoms with Crippen molar-refractivity contribution in [2.45, 2.75) is 0 Å². The second kappa shape index (κ2) is 19.5. The van der Waals surface area contributed by atoms with Crippen LogP contribution in [0.3, 0.4) is 0 Å². The van der Waals surface area contributed by atoms with Gasteiger partial charge in [0, 0.05) is 68.1 Å². The first kappa shape index (κ1) is 47.2. The fourth-order valence-corrected chi connectivity index (χ4v) is 12.4. The first-order valence-electron chi connectivity index (χ1n) is 27.7. The molecule has 0 bridgehead atoms. The summed E-state index contributed by atoms with van der Waals surface area (Å²) < 4.78 is 30.7. The van der Waals surface area contributed by atoms with Crippen molar-refractivity contribution in [3.8, 4) is 45.6 Å². The van der Waals surface area contributed by atoms with E-state index in [9.17, 15) is 0 Å². The van der Waals surface area contributed by atoms with Crippen LogP contribution in [0.4, 0.5) is 68.2 Å². The molecule has 12 aromatic rings. The third kappa shape index (κ3) is 7.79. The van der Waals surface area contributed by atoms with E-state index in [2.05, 4.69) is 293 Å². The van der Waals surface area contributed by atoms with Gasteiger partial charge in [-0.2, -0.15) is 0 Å². The zero-order valence-corrected chi connectivity index (χ0v) is 44.3. The molecule has 4 aliphatic rings. The molecule has 0 spiro atoms. The topological polar surface area (TPSA) is 49.9 Å². The molecule has 0 unspecified atom stereocenters. The number of nitrogens with zero attached hydrogens (tertiary/aromatic N) is 4. The van der Waals surface area contributed by atoms with E-state index in [4.69, 9.17) is 18.8 Å². The second-order valence-electron chi connectivity index (χ2n) is 20.7. The summed E-state index contributed by atoms with van der Waals surface area (Å²) in [6.07, 6.45) is 0. The molecule has 0 N–H and O–H groups in total. The summed E-state index contributed by atoms with van der Waals surface area (Å²) >= 11 is 0. The minimum absolute atomic E-state index is 0.636. The molecule has 82 heavy (non-hydrogen) atoms. The maximum atomic E-state index is 7.73. The Morgan fingerprint density at radius 2 is 0.610 bits per heavy atom. The summed E-state index contributed by atoms with van der Waals surface area (Å²) in [6, 6.07) is 101. The molecule has 16 rings (SSSR count). The monoisotopic (exact) mass is 1050 g/mol. The Labute approximate surface area is 476 Å². The Kier molecular flexibility index (Phi) is 11.2. The average molecular weight is 1050 g/mol. The van der Waals surface area contributed by atoms with Crippen molar-refractivity contribution in [2.75, 3.05) is 19.6 Å². The summed E-state index contributed by atoms with van der Waals surface area (Å²) in [5.41, 5.74) is 16.6. The fourth-order valence-electron chi connectivity index (χ4n) is 12.4. The molecule has 8 nitrogen and oxygen atoms in total. The van der Waals surface area contributed by atoms with Gasteiger partial charge >= 0.3 is 13.8 Å². The van der Waals surface area contributed by atoms with Gasteiger partial charge in [0.1, 0.15) is 34.5 Å². The van der Waals surface area contributed by atoms with E-state index in [1.807, 2.05) is 18.2 Å². The van der Waals surface area contributed by atoms with Gasteiger partial charge in [0.05, 0.1) is 39.7 Å². The van der Waals surface area contributed by atoms with Crippen LogP contribution in [0.15, 0.2) is 291 Å². The zero-order chi connectivity index (χ0) is 54.1. The van der Waals surface area contributed by atoms with Crippen LogP contribution >= 0.6 is 0 Å². The van der Waals surface area contributed by atoms with Gasteiger partial charge in [0.25, 0.3) is 0 Å². The molecule has 0 aromatic heterocycles. The highest BCUT2D eigenvalue weighted by Crippen LogP contribution is 2.53. The fraction of sp³-hybridized carbons (Fsp3) is 0. The van der Waals surface area contributed by atoms with Crippen LogP contribution in [0, 0.1) is 0 Å². The van der Waals surface area contributed by atoms with E-state index >= 15 is 0 Å². The maximum Gasteiger partial charge on any atom is 0.436 e. The molecule has 0 radical (unpaired) electrons. The molecule has 0 atom stereocenters. The van der Waals surface area contributed by atoms with Gasteiger partial charge in [-0.05, 0) is 115 Å². The number of hydrogen-bond donors (Lipinski definition) is 0. The number of para-hydroxylation sites is 10. The van der Waals surface area contributed by atoms with Crippen molar-refractivity contribution >= 4 is 104 Å². The average Bonchev–Trinajstić information content (AvgIpc) is 1.94. The highest BCUT2D eigenvalue weighted by Gasteiger charge is 2.49. The number of ether oxygens (including phenoxy) is 2. The van der Waals surface area contributed by atoms with Crippen molar-refractivity contribution < 1.29 is 18.8 Å². The van der Waals surface area contributed by atoms with Gasteiger partial charge in [-0.15, -0.1) is 0 Å². The van der Waals surface area contributed by atoms with Gasteiger partial charge in [-0.1, -0.05) is 170 Å². The molecule has 0 fully saturated rings. The minimum atomic E-state index is -0.667.